The van der Waals surface area contributed by atoms with Crippen LogP contribution in [0.1, 0.15) is 91.5 Å². The van der Waals surface area contributed by atoms with Crippen molar-refractivity contribution >= 4 is 39.8 Å². The Bertz CT molecular complexity index is 2150. The summed E-state index contributed by atoms with van der Waals surface area (Å²) in [6, 6.07) is 2.57. The molecule has 0 aliphatic rings. The van der Waals surface area contributed by atoms with Gasteiger partial charge in [-0.1, -0.05) is 0 Å². The SMILES string of the molecule is COc1cc(O)cc(C)c1C(=O)Oc1c(C)c(C)c(C(=O)Oc2c(C)c(O)c(C(=O)Oc3c(C)c(C)c(C(=O)O)c(C)c3C)c(C)c2F)c(O)c1Br. The Balaban J connectivity index is 1.70. The molecule has 0 fully saturated rings. The number of hydrogen-bond acceptors (Lipinski definition) is 11. The molecule has 4 aromatic rings. The number of aromatic carboxylic acids is 1. The van der Waals surface area contributed by atoms with Gasteiger partial charge in [0.1, 0.15) is 49.9 Å². The van der Waals surface area contributed by atoms with Gasteiger partial charge in [-0.15, -0.1) is 0 Å². The van der Waals surface area contributed by atoms with Crippen LogP contribution in [-0.2, 0) is 0 Å². The van der Waals surface area contributed by atoms with Crippen LogP contribution in [0.5, 0.6) is 40.2 Å². The average molecular weight is 784 g/mol. The van der Waals surface area contributed by atoms with Crippen LogP contribution in [0.15, 0.2) is 16.6 Å². The van der Waals surface area contributed by atoms with Gasteiger partial charge >= 0.3 is 23.9 Å². The second kappa shape index (κ2) is 14.5. The minimum atomic E-state index is -1.24. The van der Waals surface area contributed by atoms with Crippen LogP contribution in [0, 0.1) is 68.1 Å². The number of aromatic hydroxyl groups is 3. The molecule has 0 amide bonds. The molecule has 52 heavy (non-hydrogen) atoms. The first kappa shape index (κ1) is 39.2. The van der Waals surface area contributed by atoms with Crippen molar-refractivity contribution in [1.29, 1.82) is 0 Å². The average Bonchev–Trinajstić information content (AvgIpc) is 3.07. The number of carboxylic acid groups (broad SMARTS) is 1. The van der Waals surface area contributed by atoms with Gasteiger partial charge in [-0.05, 0) is 123 Å². The molecule has 274 valence electrons. The van der Waals surface area contributed by atoms with E-state index in [1.165, 1.54) is 46.9 Å². The molecule has 0 aliphatic heterocycles. The van der Waals surface area contributed by atoms with E-state index in [1.54, 1.807) is 34.6 Å². The van der Waals surface area contributed by atoms with Crippen LogP contribution in [0.3, 0.4) is 0 Å². The van der Waals surface area contributed by atoms with Gasteiger partial charge in [0, 0.05) is 17.2 Å². The molecule has 0 unspecified atom stereocenters. The Hall–Kier alpha value is -5.63. The van der Waals surface area contributed by atoms with E-state index >= 15 is 4.39 Å². The molecule has 0 bridgehead atoms. The first-order valence-corrected chi connectivity index (χ1v) is 16.4. The van der Waals surface area contributed by atoms with Gasteiger partial charge in [0.05, 0.1) is 12.7 Å². The molecule has 4 N–H and O–H groups in total. The Morgan fingerprint density at radius 3 is 1.54 bits per heavy atom. The van der Waals surface area contributed by atoms with Gasteiger partial charge in [-0.2, -0.15) is 0 Å². The van der Waals surface area contributed by atoms with E-state index < -0.39 is 63.6 Å². The summed E-state index contributed by atoms with van der Waals surface area (Å²) in [5.41, 5.74) is 0.488. The number of rotatable bonds is 8. The number of carbonyl (C=O) groups is 4. The summed E-state index contributed by atoms with van der Waals surface area (Å²) < 4.78 is 37.6. The molecule has 14 heteroatoms. The normalized spacial score (nSPS) is 10.9. The fraction of sp³-hybridized carbons (Fsp3) is 0.263. The number of carbonyl (C=O) groups excluding carboxylic acids is 3. The van der Waals surface area contributed by atoms with Crippen molar-refractivity contribution in [3.63, 3.8) is 0 Å². The lowest BCUT2D eigenvalue weighted by atomic mass is 9.93. The molecule has 0 saturated heterocycles. The summed E-state index contributed by atoms with van der Waals surface area (Å²) in [5.74, 6) is -7.93. The van der Waals surface area contributed by atoms with Crippen LogP contribution in [-0.4, -0.2) is 51.4 Å². The van der Waals surface area contributed by atoms with Crippen LogP contribution in [0.25, 0.3) is 0 Å². The second-order valence-electron chi connectivity index (χ2n) is 12.3. The predicted octanol–water partition coefficient (Wildman–Crippen LogP) is 7.85. The van der Waals surface area contributed by atoms with Gasteiger partial charge in [0.25, 0.3) is 0 Å². The summed E-state index contributed by atoms with van der Waals surface area (Å²) in [5, 5.41) is 41.8. The summed E-state index contributed by atoms with van der Waals surface area (Å²) >= 11 is 3.17. The lowest BCUT2D eigenvalue weighted by Gasteiger charge is -2.20. The number of benzene rings is 4. The van der Waals surface area contributed by atoms with E-state index in [2.05, 4.69) is 15.9 Å². The highest BCUT2D eigenvalue weighted by Crippen LogP contribution is 2.45. The number of halogens is 2. The number of phenols is 3. The predicted molar refractivity (Wildman–Crippen MR) is 189 cm³/mol. The van der Waals surface area contributed by atoms with Gasteiger partial charge in [-0.25, -0.2) is 23.6 Å². The summed E-state index contributed by atoms with van der Waals surface area (Å²) in [6.45, 7) is 13.1. The van der Waals surface area contributed by atoms with Crippen LogP contribution >= 0.6 is 15.9 Å². The highest BCUT2D eigenvalue weighted by atomic mass is 79.9. The number of aryl methyl sites for hydroxylation is 1. The summed E-state index contributed by atoms with van der Waals surface area (Å²) in [4.78, 5) is 52.0. The molecule has 0 radical (unpaired) electrons. The Kier molecular flexibility index (Phi) is 11.0. The molecule has 0 atom stereocenters. The minimum Gasteiger partial charge on any atom is -0.508 e. The molecular weight excluding hydrogens is 747 g/mol. The van der Waals surface area contributed by atoms with Crippen molar-refractivity contribution in [3.8, 4) is 40.2 Å². The van der Waals surface area contributed by atoms with Gasteiger partial charge in [0.15, 0.2) is 17.3 Å². The van der Waals surface area contributed by atoms with Crippen molar-refractivity contribution in [2.24, 2.45) is 0 Å². The highest BCUT2D eigenvalue weighted by Gasteiger charge is 2.32. The molecular formula is C38H36BrFO12. The first-order chi connectivity index (χ1) is 24.2. The number of ether oxygens (including phenoxy) is 4. The van der Waals surface area contributed by atoms with Crippen molar-refractivity contribution < 1.29 is 62.9 Å². The standard InChI is InChI=1S/C38H36BrFO12/c1-13-11-22(41)12-23(49-10)24(13)36(46)51-33-19(7)16(4)26(31(43)28(33)39)37(47)52-34-21(9)30(42)27(20(8)29(34)40)38(48)50-32-17(5)14(2)25(35(44)45)15(3)18(32)6/h11-12,41-43H,1-10H3,(H,44,45). The lowest BCUT2D eigenvalue weighted by molar-refractivity contribution is 0.0689. The van der Waals surface area contributed by atoms with Crippen molar-refractivity contribution in [2.75, 3.05) is 7.11 Å². The monoisotopic (exact) mass is 782 g/mol. The maximum atomic E-state index is 15.9. The Morgan fingerprint density at radius 1 is 0.577 bits per heavy atom. The molecule has 4 rings (SSSR count). The summed E-state index contributed by atoms with van der Waals surface area (Å²) in [7, 11) is 1.31. The van der Waals surface area contributed by atoms with E-state index in [9.17, 15) is 39.6 Å². The van der Waals surface area contributed by atoms with Crippen molar-refractivity contribution in [1.82, 2.24) is 0 Å². The number of phenolic OH excluding ortho intramolecular Hbond substituents is 3. The van der Waals surface area contributed by atoms with Crippen LogP contribution < -0.4 is 18.9 Å². The summed E-state index contributed by atoms with van der Waals surface area (Å²) in [6.07, 6.45) is 0. The van der Waals surface area contributed by atoms with Crippen LogP contribution in [0.2, 0.25) is 0 Å². The Labute approximate surface area is 306 Å². The van der Waals surface area contributed by atoms with E-state index in [-0.39, 0.29) is 55.3 Å². The number of methoxy groups -OCH3 is 1. The lowest BCUT2D eigenvalue weighted by Crippen LogP contribution is -2.18. The molecule has 0 heterocycles. The van der Waals surface area contributed by atoms with E-state index in [0.29, 0.717) is 27.8 Å². The molecule has 0 aromatic heterocycles. The first-order valence-electron chi connectivity index (χ1n) is 15.6. The minimum absolute atomic E-state index is 0.00674. The fourth-order valence-corrected chi connectivity index (χ4v) is 6.50. The van der Waals surface area contributed by atoms with Gasteiger partial charge in [0.2, 0.25) is 0 Å². The van der Waals surface area contributed by atoms with E-state index in [1.807, 2.05) is 0 Å². The molecule has 12 nitrogen and oxygen atoms in total. The van der Waals surface area contributed by atoms with Crippen molar-refractivity contribution in [2.45, 2.75) is 62.3 Å². The van der Waals surface area contributed by atoms with Gasteiger partial charge < -0.3 is 39.4 Å². The number of esters is 3. The molecule has 0 spiro atoms. The van der Waals surface area contributed by atoms with Crippen molar-refractivity contribution in [3.05, 3.63) is 94.7 Å². The quantitative estimate of drug-likeness (QED) is 0.100. The third kappa shape index (κ3) is 6.61. The third-order valence-corrected chi connectivity index (χ3v) is 9.96. The Morgan fingerprint density at radius 2 is 1.02 bits per heavy atom. The van der Waals surface area contributed by atoms with Crippen LogP contribution in [0.4, 0.5) is 4.39 Å². The zero-order chi connectivity index (χ0) is 39.3. The largest absolute Gasteiger partial charge is 0.508 e. The zero-order valence-electron chi connectivity index (χ0n) is 30.0. The van der Waals surface area contributed by atoms with Gasteiger partial charge in [-0.3, -0.25) is 0 Å². The number of hydrogen-bond donors (Lipinski definition) is 4. The molecule has 0 saturated carbocycles. The smallest absolute Gasteiger partial charge is 0.347 e. The van der Waals surface area contributed by atoms with E-state index in [4.69, 9.17) is 18.9 Å². The third-order valence-electron chi connectivity index (χ3n) is 9.23. The maximum absolute atomic E-state index is 15.9. The second-order valence-corrected chi connectivity index (χ2v) is 13.0. The fourth-order valence-electron chi connectivity index (χ4n) is 5.92. The van der Waals surface area contributed by atoms with E-state index in [0.717, 1.165) is 0 Å². The maximum Gasteiger partial charge on any atom is 0.347 e. The molecule has 4 aromatic carbocycles. The highest BCUT2D eigenvalue weighted by molar-refractivity contribution is 9.10. The topological polar surface area (TPSA) is 186 Å². The molecule has 0 aliphatic carbocycles. The number of carboxylic acids is 1. The zero-order valence-corrected chi connectivity index (χ0v) is 31.6.